The molecule has 4 heteroatoms. The van der Waals surface area contributed by atoms with E-state index in [0.29, 0.717) is 6.54 Å². The number of nitrogens with zero attached hydrogens (tertiary/aromatic N) is 1. The molecule has 0 atom stereocenters. The molecule has 2 aromatic rings. The first-order chi connectivity index (χ1) is 8.63. The van der Waals surface area contributed by atoms with Gasteiger partial charge in [0.25, 0.3) is 0 Å². The van der Waals surface area contributed by atoms with Gasteiger partial charge >= 0.3 is 0 Å². The van der Waals surface area contributed by atoms with Crippen molar-refractivity contribution in [3.63, 3.8) is 0 Å². The van der Waals surface area contributed by atoms with Crippen LogP contribution in [0.3, 0.4) is 0 Å². The first kappa shape index (κ1) is 13.4. The standard InChI is InChI=1S/C14H17IN2O/c1-17(2)10-11-4-3-5-12(8-11)16-9-13-6-7-14(15)18-13/h3-8,16H,9-10H2,1-2H3. The van der Waals surface area contributed by atoms with Crippen LogP contribution in [0.25, 0.3) is 0 Å². The topological polar surface area (TPSA) is 28.4 Å². The molecule has 0 aliphatic heterocycles. The Morgan fingerprint density at radius 3 is 2.72 bits per heavy atom. The molecule has 0 saturated carbocycles. The summed E-state index contributed by atoms with van der Waals surface area (Å²) in [6.45, 7) is 1.67. The number of furan rings is 1. The van der Waals surface area contributed by atoms with Crippen LogP contribution in [0.2, 0.25) is 0 Å². The largest absolute Gasteiger partial charge is 0.454 e. The van der Waals surface area contributed by atoms with Crippen LogP contribution in [0, 0.1) is 3.77 Å². The lowest BCUT2D eigenvalue weighted by Gasteiger charge is -2.11. The lowest BCUT2D eigenvalue weighted by molar-refractivity contribution is 0.402. The van der Waals surface area contributed by atoms with E-state index in [1.807, 2.05) is 12.1 Å². The highest BCUT2D eigenvalue weighted by molar-refractivity contribution is 14.1. The lowest BCUT2D eigenvalue weighted by atomic mass is 10.2. The van der Waals surface area contributed by atoms with Crippen molar-refractivity contribution >= 4 is 28.3 Å². The molecule has 0 aliphatic carbocycles. The number of halogens is 1. The highest BCUT2D eigenvalue weighted by Gasteiger charge is 2.01. The molecule has 18 heavy (non-hydrogen) atoms. The predicted octanol–water partition coefficient (Wildman–Crippen LogP) is 3.56. The zero-order valence-electron chi connectivity index (χ0n) is 10.6. The Morgan fingerprint density at radius 1 is 1.22 bits per heavy atom. The Labute approximate surface area is 121 Å². The van der Waals surface area contributed by atoms with Gasteiger partial charge in [0.2, 0.25) is 0 Å². The molecule has 96 valence electrons. The second-order valence-corrected chi connectivity index (χ2v) is 5.56. The van der Waals surface area contributed by atoms with Crippen LogP contribution >= 0.6 is 22.6 Å². The second kappa shape index (κ2) is 6.24. The Hall–Kier alpha value is -1.01. The van der Waals surface area contributed by atoms with Crippen molar-refractivity contribution in [2.45, 2.75) is 13.1 Å². The first-order valence-electron chi connectivity index (χ1n) is 5.85. The van der Waals surface area contributed by atoms with E-state index in [9.17, 15) is 0 Å². The fraction of sp³-hybridized carbons (Fsp3) is 0.286. The van der Waals surface area contributed by atoms with E-state index in [-0.39, 0.29) is 0 Å². The van der Waals surface area contributed by atoms with E-state index < -0.39 is 0 Å². The van der Waals surface area contributed by atoms with Crippen LogP contribution < -0.4 is 5.32 Å². The van der Waals surface area contributed by atoms with Gasteiger partial charge in [-0.3, -0.25) is 0 Å². The van der Waals surface area contributed by atoms with Crippen molar-refractivity contribution in [3.8, 4) is 0 Å². The summed E-state index contributed by atoms with van der Waals surface area (Å²) in [7, 11) is 4.15. The lowest BCUT2D eigenvalue weighted by Crippen LogP contribution is -2.10. The third-order valence-electron chi connectivity index (χ3n) is 2.52. The Morgan fingerprint density at radius 2 is 2.06 bits per heavy atom. The summed E-state index contributed by atoms with van der Waals surface area (Å²) in [5.74, 6) is 0.956. The predicted molar refractivity (Wildman–Crippen MR) is 82.6 cm³/mol. The van der Waals surface area contributed by atoms with E-state index in [2.05, 4.69) is 71.2 Å². The molecular formula is C14H17IN2O. The molecule has 3 nitrogen and oxygen atoms in total. The van der Waals surface area contributed by atoms with Crippen molar-refractivity contribution in [2.24, 2.45) is 0 Å². The highest BCUT2D eigenvalue weighted by atomic mass is 127. The highest BCUT2D eigenvalue weighted by Crippen LogP contribution is 2.15. The van der Waals surface area contributed by atoms with Gasteiger partial charge in [-0.05, 0) is 66.5 Å². The minimum atomic E-state index is 0.717. The number of anilines is 1. The first-order valence-corrected chi connectivity index (χ1v) is 6.93. The molecule has 1 aromatic carbocycles. The average Bonchev–Trinajstić information content (AvgIpc) is 2.72. The Bertz CT molecular complexity index is 508. The van der Waals surface area contributed by atoms with E-state index in [1.54, 1.807) is 0 Å². The monoisotopic (exact) mass is 356 g/mol. The van der Waals surface area contributed by atoms with Gasteiger partial charge < -0.3 is 14.6 Å². The number of nitrogens with one attached hydrogen (secondary N) is 1. The Kier molecular flexibility index (Phi) is 4.66. The summed E-state index contributed by atoms with van der Waals surface area (Å²) in [4.78, 5) is 2.16. The van der Waals surface area contributed by atoms with Gasteiger partial charge in [0.15, 0.2) is 3.77 Å². The maximum Gasteiger partial charge on any atom is 0.164 e. The summed E-state index contributed by atoms with van der Waals surface area (Å²) >= 11 is 2.17. The summed E-state index contributed by atoms with van der Waals surface area (Å²) in [5.41, 5.74) is 2.43. The quantitative estimate of drug-likeness (QED) is 0.831. The van der Waals surface area contributed by atoms with Gasteiger partial charge in [-0.25, -0.2) is 0 Å². The normalized spacial score (nSPS) is 10.9. The van der Waals surface area contributed by atoms with Crippen LogP contribution in [-0.2, 0) is 13.1 Å². The molecule has 0 saturated heterocycles. The molecule has 0 bridgehead atoms. The van der Waals surface area contributed by atoms with Crippen molar-refractivity contribution < 1.29 is 4.42 Å². The Balaban J connectivity index is 1.96. The number of hydrogen-bond acceptors (Lipinski definition) is 3. The maximum atomic E-state index is 5.52. The van der Waals surface area contributed by atoms with Gasteiger partial charge in [0.05, 0.1) is 6.54 Å². The van der Waals surface area contributed by atoms with Crippen molar-refractivity contribution in [1.29, 1.82) is 0 Å². The molecule has 0 aliphatic rings. The van der Waals surface area contributed by atoms with Crippen LogP contribution in [0.5, 0.6) is 0 Å². The van der Waals surface area contributed by atoms with E-state index in [1.165, 1.54) is 5.56 Å². The van der Waals surface area contributed by atoms with Gasteiger partial charge in [-0.15, -0.1) is 0 Å². The number of benzene rings is 1. The average molecular weight is 356 g/mol. The molecular weight excluding hydrogens is 339 g/mol. The minimum Gasteiger partial charge on any atom is -0.454 e. The molecule has 0 spiro atoms. The summed E-state index contributed by atoms with van der Waals surface area (Å²) < 4.78 is 6.44. The molecule has 0 radical (unpaired) electrons. The molecule has 1 aromatic heterocycles. The van der Waals surface area contributed by atoms with Crippen LogP contribution in [-0.4, -0.2) is 19.0 Å². The zero-order chi connectivity index (χ0) is 13.0. The molecule has 2 rings (SSSR count). The molecule has 0 fully saturated rings. The van der Waals surface area contributed by atoms with Crippen LogP contribution in [0.1, 0.15) is 11.3 Å². The fourth-order valence-corrected chi connectivity index (χ4v) is 2.24. The van der Waals surface area contributed by atoms with Crippen LogP contribution in [0.4, 0.5) is 5.69 Å². The molecule has 1 heterocycles. The number of rotatable bonds is 5. The van der Waals surface area contributed by atoms with Crippen LogP contribution in [0.15, 0.2) is 40.8 Å². The maximum absolute atomic E-state index is 5.52. The van der Waals surface area contributed by atoms with Gasteiger partial charge in [0.1, 0.15) is 5.76 Å². The van der Waals surface area contributed by atoms with E-state index >= 15 is 0 Å². The van der Waals surface area contributed by atoms with Gasteiger partial charge in [0, 0.05) is 12.2 Å². The smallest absolute Gasteiger partial charge is 0.164 e. The molecule has 0 unspecified atom stereocenters. The third kappa shape index (κ3) is 4.03. The molecule has 1 N–H and O–H groups in total. The summed E-state index contributed by atoms with van der Waals surface area (Å²) in [6, 6.07) is 12.4. The SMILES string of the molecule is CN(C)Cc1cccc(NCc2ccc(I)o2)c1. The third-order valence-corrected chi connectivity index (χ3v) is 3.10. The van der Waals surface area contributed by atoms with Crippen molar-refractivity contribution in [3.05, 3.63) is 51.5 Å². The van der Waals surface area contributed by atoms with Crippen molar-refractivity contribution in [2.75, 3.05) is 19.4 Å². The van der Waals surface area contributed by atoms with Gasteiger partial charge in [-0.1, -0.05) is 12.1 Å². The second-order valence-electron chi connectivity index (χ2n) is 4.50. The fourth-order valence-electron chi connectivity index (χ4n) is 1.78. The minimum absolute atomic E-state index is 0.717. The van der Waals surface area contributed by atoms with E-state index in [0.717, 1.165) is 21.8 Å². The van der Waals surface area contributed by atoms with E-state index in [4.69, 9.17) is 4.42 Å². The number of hydrogen-bond donors (Lipinski definition) is 1. The summed E-state index contributed by atoms with van der Waals surface area (Å²) in [6.07, 6.45) is 0. The van der Waals surface area contributed by atoms with Crippen molar-refractivity contribution in [1.82, 2.24) is 4.90 Å². The van der Waals surface area contributed by atoms with Gasteiger partial charge in [-0.2, -0.15) is 0 Å². The zero-order valence-corrected chi connectivity index (χ0v) is 12.8. The molecule has 0 amide bonds. The summed E-state index contributed by atoms with van der Waals surface area (Å²) in [5, 5.41) is 3.37.